The molecular weight excluding hydrogens is 378 g/mol. The van der Waals surface area contributed by atoms with E-state index in [1.54, 1.807) is 13.2 Å². The first-order valence-corrected chi connectivity index (χ1v) is 10.7. The Hall–Kier alpha value is -2.86. The quantitative estimate of drug-likeness (QED) is 0.715. The lowest BCUT2D eigenvalue weighted by Crippen LogP contribution is -2.51. The van der Waals surface area contributed by atoms with Gasteiger partial charge in [0.05, 0.1) is 13.7 Å². The van der Waals surface area contributed by atoms with Gasteiger partial charge in [-0.05, 0) is 53.5 Å². The van der Waals surface area contributed by atoms with Crippen molar-refractivity contribution in [1.82, 2.24) is 14.7 Å². The van der Waals surface area contributed by atoms with Crippen LogP contribution < -0.4 is 4.74 Å². The summed E-state index contributed by atoms with van der Waals surface area (Å²) in [6.07, 6.45) is 5.75. The average Bonchev–Trinajstić information content (AvgIpc) is 3.32. The van der Waals surface area contributed by atoms with Gasteiger partial charge in [-0.2, -0.15) is 0 Å². The Labute approximate surface area is 177 Å². The molecule has 0 aromatic heterocycles. The van der Waals surface area contributed by atoms with Crippen LogP contribution in [0.4, 0.5) is 0 Å². The Bertz CT molecular complexity index is 942. The molecule has 30 heavy (non-hydrogen) atoms. The lowest BCUT2D eigenvalue weighted by Gasteiger charge is -2.34. The molecule has 0 saturated carbocycles. The van der Waals surface area contributed by atoms with E-state index in [0.717, 1.165) is 61.1 Å². The molecule has 0 radical (unpaired) electrons. The van der Waals surface area contributed by atoms with Gasteiger partial charge in [-0.1, -0.05) is 18.2 Å². The summed E-state index contributed by atoms with van der Waals surface area (Å²) in [5.41, 5.74) is 0.996. The van der Waals surface area contributed by atoms with Crippen molar-refractivity contribution in [2.24, 2.45) is 0 Å². The van der Waals surface area contributed by atoms with E-state index >= 15 is 0 Å². The van der Waals surface area contributed by atoms with Crippen molar-refractivity contribution in [3.05, 3.63) is 48.0 Å². The smallest absolute Gasteiger partial charge is 0.246 e. The molecule has 0 N–H and O–H groups in total. The van der Waals surface area contributed by atoms with E-state index in [4.69, 9.17) is 4.74 Å². The second-order valence-electron chi connectivity index (χ2n) is 8.00. The van der Waals surface area contributed by atoms with Crippen molar-refractivity contribution in [1.29, 1.82) is 0 Å². The molecular formula is C24H29N3O3. The van der Waals surface area contributed by atoms with Crippen LogP contribution in [0.15, 0.2) is 42.5 Å². The maximum atomic E-state index is 12.6. The summed E-state index contributed by atoms with van der Waals surface area (Å²) in [5.74, 6) is 1.08. The summed E-state index contributed by atoms with van der Waals surface area (Å²) in [6.45, 7) is 5.07. The third-order valence-electron chi connectivity index (χ3n) is 5.99. The molecule has 2 aromatic carbocycles. The molecule has 2 aliphatic rings. The van der Waals surface area contributed by atoms with Crippen LogP contribution in [0.3, 0.4) is 0 Å². The number of ether oxygens (including phenoxy) is 1. The number of likely N-dealkylation sites (tertiary alicyclic amines) is 1. The van der Waals surface area contributed by atoms with E-state index in [-0.39, 0.29) is 11.8 Å². The van der Waals surface area contributed by atoms with Crippen molar-refractivity contribution >= 4 is 28.7 Å². The largest absolute Gasteiger partial charge is 0.497 e. The third-order valence-corrected chi connectivity index (χ3v) is 5.99. The molecule has 2 aromatic rings. The standard InChI is InChI=1S/C24H29N3O3/c1-30-22-8-7-20-16-19(4-6-21(20)17-22)5-9-23(28)27-14-12-25(13-15-27)18-24(29)26-10-2-3-11-26/h4-9,16-17H,2-3,10-15,18H2,1H3/b9-5+. The number of nitrogens with zero attached hydrogens (tertiary/aromatic N) is 3. The molecule has 158 valence electrons. The minimum absolute atomic E-state index is 0.0235. The molecule has 0 aliphatic carbocycles. The van der Waals surface area contributed by atoms with Gasteiger partial charge >= 0.3 is 0 Å². The van der Waals surface area contributed by atoms with Crippen molar-refractivity contribution < 1.29 is 14.3 Å². The average molecular weight is 408 g/mol. The number of benzene rings is 2. The number of piperazine rings is 1. The van der Waals surface area contributed by atoms with Crippen LogP contribution in [-0.2, 0) is 9.59 Å². The Kier molecular flexibility index (Phi) is 6.33. The van der Waals surface area contributed by atoms with Crippen LogP contribution in [0.25, 0.3) is 16.8 Å². The van der Waals surface area contributed by atoms with Crippen molar-refractivity contribution in [2.45, 2.75) is 12.8 Å². The zero-order chi connectivity index (χ0) is 20.9. The Morgan fingerprint density at radius 3 is 2.33 bits per heavy atom. The van der Waals surface area contributed by atoms with Crippen LogP contribution in [0.5, 0.6) is 5.75 Å². The highest BCUT2D eigenvalue weighted by molar-refractivity contribution is 5.93. The zero-order valence-corrected chi connectivity index (χ0v) is 17.5. The number of carbonyl (C=O) groups is 2. The van der Waals surface area contributed by atoms with Crippen LogP contribution in [-0.4, -0.2) is 79.4 Å². The first kappa shape index (κ1) is 20.4. The van der Waals surface area contributed by atoms with Crippen molar-refractivity contribution in [3.63, 3.8) is 0 Å². The molecule has 2 aliphatic heterocycles. The van der Waals surface area contributed by atoms with Gasteiger partial charge in [-0.3, -0.25) is 14.5 Å². The minimum Gasteiger partial charge on any atom is -0.497 e. The SMILES string of the molecule is COc1ccc2cc(/C=C/C(=O)N3CCN(CC(=O)N4CCCC4)CC3)ccc2c1. The highest BCUT2D eigenvalue weighted by Crippen LogP contribution is 2.22. The zero-order valence-electron chi connectivity index (χ0n) is 17.5. The number of rotatable bonds is 5. The monoisotopic (exact) mass is 407 g/mol. The second-order valence-corrected chi connectivity index (χ2v) is 8.00. The van der Waals surface area contributed by atoms with Crippen LogP contribution in [0.1, 0.15) is 18.4 Å². The lowest BCUT2D eigenvalue weighted by atomic mass is 10.1. The van der Waals surface area contributed by atoms with E-state index in [1.165, 1.54) is 0 Å². The van der Waals surface area contributed by atoms with E-state index < -0.39 is 0 Å². The molecule has 0 spiro atoms. The number of fused-ring (bicyclic) bond motifs is 1. The van der Waals surface area contributed by atoms with Gasteiger partial charge in [0.15, 0.2) is 0 Å². The Balaban J connectivity index is 1.29. The first-order chi connectivity index (χ1) is 14.6. The highest BCUT2D eigenvalue weighted by Gasteiger charge is 2.24. The van der Waals surface area contributed by atoms with Crippen molar-refractivity contribution in [3.8, 4) is 5.75 Å². The number of carbonyl (C=O) groups excluding carboxylic acids is 2. The van der Waals surface area contributed by atoms with E-state index in [0.29, 0.717) is 19.6 Å². The lowest BCUT2D eigenvalue weighted by molar-refractivity contribution is -0.132. The molecule has 6 heteroatoms. The third kappa shape index (κ3) is 4.82. The predicted octanol–water partition coefficient (Wildman–Crippen LogP) is 2.63. The maximum absolute atomic E-state index is 12.6. The normalized spacial score (nSPS) is 17.8. The minimum atomic E-state index is 0.0235. The van der Waals surface area contributed by atoms with Crippen LogP contribution in [0, 0.1) is 0 Å². The summed E-state index contributed by atoms with van der Waals surface area (Å²) in [7, 11) is 1.66. The van der Waals surface area contributed by atoms with Gasteiger partial charge in [0.2, 0.25) is 11.8 Å². The summed E-state index contributed by atoms with van der Waals surface area (Å²) in [6, 6.07) is 12.1. The number of amides is 2. The maximum Gasteiger partial charge on any atom is 0.246 e. The molecule has 0 bridgehead atoms. The molecule has 0 atom stereocenters. The van der Waals surface area contributed by atoms with Gasteiger partial charge in [-0.25, -0.2) is 0 Å². The van der Waals surface area contributed by atoms with Gasteiger partial charge in [-0.15, -0.1) is 0 Å². The second kappa shape index (κ2) is 9.30. The van der Waals surface area contributed by atoms with Gasteiger partial charge in [0.1, 0.15) is 5.75 Å². The summed E-state index contributed by atoms with van der Waals surface area (Å²) >= 11 is 0. The molecule has 2 fully saturated rings. The molecule has 4 rings (SSSR count). The Morgan fingerprint density at radius 2 is 1.60 bits per heavy atom. The van der Waals surface area contributed by atoms with Gasteiger partial charge in [0.25, 0.3) is 0 Å². The topological polar surface area (TPSA) is 53.1 Å². The summed E-state index contributed by atoms with van der Waals surface area (Å²) in [4.78, 5) is 30.9. The molecule has 6 nitrogen and oxygen atoms in total. The number of hydrogen-bond acceptors (Lipinski definition) is 4. The summed E-state index contributed by atoms with van der Waals surface area (Å²) < 4.78 is 5.26. The fraction of sp³-hybridized carbons (Fsp3) is 0.417. The first-order valence-electron chi connectivity index (χ1n) is 10.7. The van der Waals surface area contributed by atoms with Crippen LogP contribution in [0.2, 0.25) is 0 Å². The fourth-order valence-electron chi connectivity index (χ4n) is 4.13. The van der Waals surface area contributed by atoms with Gasteiger partial charge in [0, 0.05) is 45.3 Å². The molecule has 2 saturated heterocycles. The molecule has 2 heterocycles. The summed E-state index contributed by atoms with van der Waals surface area (Å²) in [5, 5.41) is 2.22. The van der Waals surface area contributed by atoms with Crippen LogP contribution >= 0.6 is 0 Å². The predicted molar refractivity (Wildman–Crippen MR) is 118 cm³/mol. The van der Waals surface area contributed by atoms with E-state index in [1.807, 2.05) is 46.2 Å². The Morgan fingerprint density at radius 1 is 0.900 bits per heavy atom. The highest BCUT2D eigenvalue weighted by atomic mass is 16.5. The number of methoxy groups -OCH3 is 1. The molecule has 2 amide bonds. The molecule has 0 unspecified atom stereocenters. The fourth-order valence-corrected chi connectivity index (χ4v) is 4.13. The van der Waals surface area contributed by atoms with E-state index in [9.17, 15) is 9.59 Å². The van der Waals surface area contributed by atoms with Crippen molar-refractivity contribution in [2.75, 3.05) is 52.9 Å². The van der Waals surface area contributed by atoms with Gasteiger partial charge < -0.3 is 14.5 Å². The number of hydrogen-bond donors (Lipinski definition) is 0. The van der Waals surface area contributed by atoms with E-state index in [2.05, 4.69) is 11.0 Å².